The maximum absolute atomic E-state index is 2.63. The van der Waals surface area contributed by atoms with Gasteiger partial charge in [0.05, 0.1) is 0 Å². The van der Waals surface area contributed by atoms with Crippen LogP contribution in [0.5, 0.6) is 0 Å². The summed E-state index contributed by atoms with van der Waals surface area (Å²) >= 11 is -1.69. The van der Waals surface area contributed by atoms with E-state index in [1.807, 2.05) is 6.56 Å². The maximum Gasteiger partial charge on any atom is -1.00 e. The fourth-order valence-corrected chi connectivity index (χ4v) is 27.3. The molecule has 2 unspecified atom stereocenters. The van der Waals surface area contributed by atoms with Crippen molar-refractivity contribution in [3.63, 3.8) is 0 Å². The smallest absolute Gasteiger partial charge is 1.00 e. The molecular weight excluding hydrogens is 430 g/mol. The van der Waals surface area contributed by atoms with E-state index in [-0.39, 0.29) is 24.8 Å². The van der Waals surface area contributed by atoms with Crippen molar-refractivity contribution >= 4 is 5.92 Å². The molecule has 0 bridgehead atoms. The Kier molecular flexibility index (Phi) is 9.27. The molecule has 4 heteroatoms. The summed E-state index contributed by atoms with van der Waals surface area (Å²) in [5.41, 5.74) is 9.84. The monoisotopic (exact) mass is 461 g/mol. The molecule has 0 fully saturated rings. The maximum atomic E-state index is 2.63. The Labute approximate surface area is 171 Å². The summed E-state index contributed by atoms with van der Waals surface area (Å²) in [6, 6.07) is 0. The van der Waals surface area contributed by atoms with E-state index in [0.29, 0.717) is 0 Å². The molecule has 0 nitrogen and oxygen atoms in total. The van der Waals surface area contributed by atoms with Crippen molar-refractivity contribution in [2.45, 2.75) is 68.5 Å². The van der Waals surface area contributed by atoms with Gasteiger partial charge in [-0.05, 0) is 0 Å². The quantitative estimate of drug-likeness (QED) is 0.522. The fraction of sp³-hybridized carbons (Fsp3) is 0.600. The van der Waals surface area contributed by atoms with Crippen molar-refractivity contribution in [1.82, 2.24) is 0 Å². The van der Waals surface area contributed by atoms with Gasteiger partial charge in [0, 0.05) is 0 Å². The summed E-state index contributed by atoms with van der Waals surface area (Å²) in [5.74, 6) is 0.814. The van der Waals surface area contributed by atoms with Gasteiger partial charge in [0.1, 0.15) is 0 Å². The van der Waals surface area contributed by atoms with E-state index in [1.54, 1.807) is 33.4 Å². The van der Waals surface area contributed by atoms with Gasteiger partial charge in [-0.25, -0.2) is 0 Å². The van der Waals surface area contributed by atoms with E-state index in [4.69, 9.17) is 0 Å². The second kappa shape index (κ2) is 9.03. The summed E-state index contributed by atoms with van der Waals surface area (Å²) in [5, 5.41) is 0. The molecule has 2 aliphatic carbocycles. The molecule has 0 N–H and O–H groups in total. The molecule has 135 valence electrons. The van der Waals surface area contributed by atoms with E-state index < -0.39 is 26.8 Å². The fourth-order valence-electron chi connectivity index (χ4n) is 4.37. The Bertz CT molecular complexity index is 586. The zero-order chi connectivity index (χ0) is 16.9. The third-order valence-electron chi connectivity index (χ3n) is 6.44. The van der Waals surface area contributed by atoms with Gasteiger partial charge in [-0.15, -0.1) is 0 Å². The SMILES string of the molecule is CC1=C(C)C(C)[C]([Zr+2]([C]2=C(C)C(C)=C(C)C2C)[SiH](C)C)=C1C.[Cl-].[Cl-]. The van der Waals surface area contributed by atoms with Crippen LogP contribution in [0.1, 0.15) is 55.4 Å². The molecule has 0 spiro atoms. The average molecular weight is 464 g/mol. The van der Waals surface area contributed by atoms with Crippen molar-refractivity contribution in [1.29, 1.82) is 0 Å². The van der Waals surface area contributed by atoms with Gasteiger partial charge >= 0.3 is 147 Å². The van der Waals surface area contributed by atoms with Crippen LogP contribution in [0, 0.1) is 11.8 Å². The Morgan fingerprint density at radius 3 is 1.08 bits per heavy atom. The molecule has 0 radical (unpaired) electrons. The summed E-state index contributed by atoms with van der Waals surface area (Å²) in [7, 11) is 0. The number of hydrogen-bond donors (Lipinski definition) is 0. The number of rotatable bonds is 3. The van der Waals surface area contributed by atoms with Gasteiger partial charge in [0.25, 0.3) is 0 Å². The standard InChI is InChI=1S/2C9H13.C2H7Si.2ClH.Zr/c2*1-6-5-7(2)9(4)8(6)3;1-3-2;;;/h2*6H,1-4H3;3H,1-2H3;2*1H;/q;;;;;+2/p-2. The van der Waals surface area contributed by atoms with Gasteiger partial charge in [-0.3, -0.25) is 0 Å². The normalized spacial score (nSPS) is 24.1. The number of allylic oxidation sites excluding steroid dienone is 8. The van der Waals surface area contributed by atoms with Crippen LogP contribution < -0.4 is 24.8 Å². The molecular formula is C20H33Cl2SiZr. The molecule has 24 heavy (non-hydrogen) atoms. The van der Waals surface area contributed by atoms with Crippen LogP contribution in [0.2, 0.25) is 13.1 Å². The molecule has 0 aromatic heterocycles. The van der Waals surface area contributed by atoms with E-state index >= 15 is 0 Å². The van der Waals surface area contributed by atoms with Crippen LogP contribution in [0.3, 0.4) is 0 Å². The third kappa shape index (κ3) is 3.83. The zero-order valence-corrected chi connectivity index (χ0v) is 22.1. The minimum Gasteiger partial charge on any atom is -1.00 e. The Morgan fingerprint density at radius 1 is 0.625 bits per heavy atom. The summed E-state index contributed by atoms with van der Waals surface area (Å²) in [6.45, 7) is 24.5. The van der Waals surface area contributed by atoms with Crippen molar-refractivity contribution in [3.05, 3.63) is 40.0 Å². The molecule has 2 atom stereocenters. The van der Waals surface area contributed by atoms with E-state index in [1.165, 1.54) is 0 Å². The topological polar surface area (TPSA) is 0 Å². The molecule has 0 aliphatic heterocycles. The first-order chi connectivity index (χ1) is 10.1. The predicted molar refractivity (Wildman–Crippen MR) is 99.4 cm³/mol. The van der Waals surface area contributed by atoms with Crippen LogP contribution >= 0.6 is 0 Å². The van der Waals surface area contributed by atoms with Crippen molar-refractivity contribution in [2.75, 3.05) is 0 Å². The predicted octanol–water partition coefficient (Wildman–Crippen LogP) is 0.116. The van der Waals surface area contributed by atoms with Gasteiger partial charge < -0.3 is 24.8 Å². The Hall–Kier alpha value is 0.640. The van der Waals surface area contributed by atoms with Gasteiger partial charge in [-0.2, -0.15) is 0 Å². The zero-order valence-electron chi connectivity index (χ0n) is 17.0. The number of hydrogen-bond acceptors (Lipinski definition) is 0. The van der Waals surface area contributed by atoms with Crippen LogP contribution in [0.15, 0.2) is 40.0 Å². The second-order valence-electron chi connectivity index (χ2n) is 7.71. The first kappa shape index (κ1) is 24.6. The largest absolute Gasteiger partial charge is 1.00 e. The minimum absolute atomic E-state index is 0. The summed E-state index contributed by atoms with van der Waals surface area (Å²) in [6.07, 6.45) is 0. The van der Waals surface area contributed by atoms with Crippen molar-refractivity contribution < 1.29 is 45.7 Å². The van der Waals surface area contributed by atoms with Crippen LogP contribution in [0.25, 0.3) is 0 Å². The Morgan fingerprint density at radius 2 is 0.917 bits per heavy atom. The molecule has 2 aliphatic rings. The Balaban J connectivity index is 0.00000264. The molecule has 0 saturated carbocycles. The van der Waals surface area contributed by atoms with E-state index in [2.05, 4.69) is 68.5 Å². The van der Waals surface area contributed by atoms with Crippen LogP contribution in [-0.2, 0) is 20.9 Å². The van der Waals surface area contributed by atoms with Crippen molar-refractivity contribution in [2.24, 2.45) is 11.8 Å². The summed E-state index contributed by atoms with van der Waals surface area (Å²) in [4.78, 5) is 0. The second-order valence-corrected chi connectivity index (χ2v) is 26.6. The summed E-state index contributed by atoms with van der Waals surface area (Å²) < 4.78 is 3.89. The van der Waals surface area contributed by atoms with Crippen LogP contribution in [0.4, 0.5) is 0 Å². The molecule has 0 saturated heterocycles. The van der Waals surface area contributed by atoms with Crippen LogP contribution in [-0.4, -0.2) is 5.92 Å². The van der Waals surface area contributed by atoms with Gasteiger partial charge in [0.2, 0.25) is 0 Å². The molecule has 0 aromatic rings. The molecule has 0 aromatic carbocycles. The number of halogens is 2. The molecule has 2 rings (SSSR count). The van der Waals surface area contributed by atoms with E-state index in [0.717, 1.165) is 11.8 Å². The third-order valence-corrected chi connectivity index (χ3v) is 26.6. The minimum atomic E-state index is -1.69. The average Bonchev–Trinajstić information content (AvgIpc) is 2.76. The first-order valence-corrected chi connectivity index (χ1v) is 18.4. The van der Waals surface area contributed by atoms with Gasteiger partial charge in [-0.1, -0.05) is 0 Å². The van der Waals surface area contributed by atoms with Gasteiger partial charge in [0.15, 0.2) is 0 Å². The molecule has 0 heterocycles. The van der Waals surface area contributed by atoms with E-state index in [9.17, 15) is 0 Å². The van der Waals surface area contributed by atoms with Crippen molar-refractivity contribution in [3.8, 4) is 0 Å². The first-order valence-electron chi connectivity index (χ1n) is 8.75. The molecule has 0 amide bonds.